The average molecular weight is 410 g/mol. The zero-order valence-electron chi connectivity index (χ0n) is 15.8. The molecule has 0 atom stereocenters. The Bertz CT molecular complexity index is 1080. The Balaban J connectivity index is 1.37. The molecule has 0 radical (unpaired) electrons. The lowest BCUT2D eigenvalue weighted by Gasteiger charge is -2.08. The number of nitrogens with one attached hydrogen (secondary N) is 1. The van der Waals surface area contributed by atoms with Crippen molar-refractivity contribution in [2.45, 2.75) is 26.2 Å². The molecule has 1 aromatic heterocycles. The van der Waals surface area contributed by atoms with Crippen molar-refractivity contribution in [3.05, 3.63) is 70.0 Å². The maximum absolute atomic E-state index is 13.1. The van der Waals surface area contributed by atoms with Gasteiger partial charge in [-0.15, -0.1) is 11.3 Å². The van der Waals surface area contributed by atoms with Crippen LogP contribution in [-0.4, -0.2) is 23.5 Å². The van der Waals surface area contributed by atoms with Crippen LogP contribution in [-0.2, 0) is 22.4 Å². The third-order valence-electron chi connectivity index (χ3n) is 4.79. The molecule has 29 heavy (non-hydrogen) atoms. The van der Waals surface area contributed by atoms with Gasteiger partial charge in [0.15, 0.2) is 6.61 Å². The molecule has 1 amide bonds. The zero-order valence-corrected chi connectivity index (χ0v) is 16.6. The Morgan fingerprint density at radius 2 is 1.90 bits per heavy atom. The maximum atomic E-state index is 13.1. The predicted octanol–water partition coefficient (Wildman–Crippen LogP) is 4.54. The average Bonchev–Trinajstić information content (AvgIpc) is 3.33. The van der Waals surface area contributed by atoms with E-state index in [1.54, 1.807) is 19.1 Å². The molecule has 0 fully saturated rings. The van der Waals surface area contributed by atoms with E-state index < -0.39 is 11.9 Å². The van der Waals surface area contributed by atoms with Gasteiger partial charge in [0.2, 0.25) is 0 Å². The molecule has 0 spiro atoms. The molecule has 1 N–H and O–H groups in total. The van der Waals surface area contributed by atoms with Crippen LogP contribution in [0.15, 0.2) is 42.5 Å². The van der Waals surface area contributed by atoms with Crippen molar-refractivity contribution in [2.75, 3.05) is 11.9 Å². The van der Waals surface area contributed by atoms with Crippen molar-refractivity contribution in [1.29, 1.82) is 0 Å². The van der Waals surface area contributed by atoms with E-state index in [-0.39, 0.29) is 12.4 Å². The Hall–Kier alpha value is -3.06. The van der Waals surface area contributed by atoms with E-state index in [0.29, 0.717) is 26.8 Å². The van der Waals surface area contributed by atoms with Crippen LogP contribution >= 0.6 is 11.3 Å². The first-order chi connectivity index (χ1) is 14.0. The highest BCUT2D eigenvalue weighted by Crippen LogP contribution is 2.29. The van der Waals surface area contributed by atoms with Crippen LogP contribution in [0.1, 0.15) is 32.9 Å². The maximum Gasteiger partial charge on any atom is 0.350 e. The van der Waals surface area contributed by atoms with E-state index in [0.717, 1.165) is 30.6 Å². The number of aryl methyl sites for hydroxylation is 3. The van der Waals surface area contributed by atoms with E-state index in [1.165, 1.54) is 23.3 Å². The van der Waals surface area contributed by atoms with E-state index >= 15 is 0 Å². The Morgan fingerprint density at radius 3 is 2.69 bits per heavy atom. The molecule has 0 unspecified atom stereocenters. The number of carbonyl (C=O) groups excluding carboxylic acids is 2. The van der Waals surface area contributed by atoms with Crippen LogP contribution < -0.4 is 5.32 Å². The zero-order chi connectivity index (χ0) is 20.4. The number of amides is 1. The summed E-state index contributed by atoms with van der Waals surface area (Å²) in [4.78, 5) is 29.2. The van der Waals surface area contributed by atoms with E-state index in [1.807, 2.05) is 18.2 Å². The number of benzene rings is 2. The summed E-state index contributed by atoms with van der Waals surface area (Å²) in [5.74, 6) is -1.33. The summed E-state index contributed by atoms with van der Waals surface area (Å²) < 4.78 is 18.2. The minimum atomic E-state index is -0.600. The first kappa shape index (κ1) is 19.3. The van der Waals surface area contributed by atoms with Crippen molar-refractivity contribution >= 4 is 28.9 Å². The highest BCUT2D eigenvalue weighted by molar-refractivity contribution is 7.17. The predicted molar refractivity (Wildman–Crippen MR) is 110 cm³/mol. The molecule has 1 aliphatic rings. The van der Waals surface area contributed by atoms with E-state index in [4.69, 9.17) is 4.74 Å². The first-order valence-electron chi connectivity index (χ1n) is 9.32. The topological polar surface area (TPSA) is 68.3 Å². The van der Waals surface area contributed by atoms with Crippen molar-refractivity contribution in [3.63, 3.8) is 0 Å². The number of ether oxygens (including phenoxy) is 1. The summed E-state index contributed by atoms with van der Waals surface area (Å²) in [6, 6.07) is 11.8. The second-order valence-corrected chi connectivity index (χ2v) is 7.90. The van der Waals surface area contributed by atoms with Crippen molar-refractivity contribution in [2.24, 2.45) is 0 Å². The first-order valence-corrected chi connectivity index (χ1v) is 10.1. The van der Waals surface area contributed by atoms with Crippen molar-refractivity contribution in [3.8, 4) is 10.6 Å². The SMILES string of the molecule is Cc1nc(-c2ccc(F)cc2)sc1C(=O)OCC(=O)Nc1ccc2c(c1)CCC2. The highest BCUT2D eigenvalue weighted by atomic mass is 32.1. The van der Waals surface area contributed by atoms with Gasteiger partial charge in [-0.1, -0.05) is 6.07 Å². The number of carbonyl (C=O) groups is 2. The largest absolute Gasteiger partial charge is 0.451 e. The molecule has 7 heteroatoms. The minimum absolute atomic E-state index is 0.328. The number of esters is 1. The molecule has 2 aromatic carbocycles. The molecule has 0 bridgehead atoms. The fourth-order valence-electron chi connectivity index (χ4n) is 3.35. The van der Waals surface area contributed by atoms with Gasteiger partial charge >= 0.3 is 5.97 Å². The minimum Gasteiger partial charge on any atom is -0.451 e. The molecular formula is C22H19FN2O3S. The molecule has 3 aromatic rings. The fraction of sp³-hybridized carbons (Fsp3) is 0.227. The second-order valence-electron chi connectivity index (χ2n) is 6.90. The number of thiazole rings is 1. The molecule has 4 rings (SSSR count). The van der Waals surface area contributed by atoms with E-state index in [2.05, 4.69) is 10.3 Å². The van der Waals surface area contributed by atoms with Crippen LogP contribution in [0.2, 0.25) is 0 Å². The van der Waals surface area contributed by atoms with Gasteiger partial charge in [0.05, 0.1) is 5.69 Å². The lowest BCUT2D eigenvalue weighted by atomic mass is 10.1. The molecule has 5 nitrogen and oxygen atoms in total. The molecule has 0 saturated heterocycles. The van der Waals surface area contributed by atoms with Gasteiger partial charge in [0.1, 0.15) is 15.7 Å². The second kappa shape index (κ2) is 8.13. The lowest BCUT2D eigenvalue weighted by molar-refractivity contribution is -0.119. The normalized spacial score (nSPS) is 12.5. The number of fused-ring (bicyclic) bond motifs is 1. The molecule has 0 saturated carbocycles. The number of hydrogen-bond acceptors (Lipinski definition) is 5. The van der Waals surface area contributed by atoms with Crippen molar-refractivity contribution in [1.82, 2.24) is 4.98 Å². The van der Waals surface area contributed by atoms with Gasteiger partial charge < -0.3 is 10.1 Å². The molecule has 148 valence electrons. The van der Waals surface area contributed by atoms with Gasteiger partial charge in [-0.3, -0.25) is 4.79 Å². The van der Waals surface area contributed by atoms with Gasteiger partial charge in [-0.2, -0.15) is 0 Å². The molecular weight excluding hydrogens is 391 g/mol. The summed E-state index contributed by atoms with van der Waals surface area (Å²) in [6.07, 6.45) is 3.24. The van der Waals surface area contributed by atoms with Gasteiger partial charge in [-0.25, -0.2) is 14.2 Å². The Kier molecular flexibility index (Phi) is 5.40. The van der Waals surface area contributed by atoms with Crippen LogP contribution in [0.5, 0.6) is 0 Å². The number of halogens is 1. The summed E-state index contributed by atoms with van der Waals surface area (Å²) in [5.41, 5.74) is 4.52. The third-order valence-corrected chi connectivity index (χ3v) is 5.98. The standard InChI is InChI=1S/C22H19FN2O3S/c1-13-20(29-21(24-13)15-5-8-17(23)9-6-15)22(27)28-12-19(26)25-18-10-7-14-3-2-4-16(14)11-18/h5-11H,2-4,12H2,1H3,(H,25,26). The summed E-state index contributed by atoms with van der Waals surface area (Å²) in [5, 5.41) is 3.36. The summed E-state index contributed by atoms with van der Waals surface area (Å²) in [6.45, 7) is 1.32. The quantitative estimate of drug-likeness (QED) is 0.627. The van der Waals surface area contributed by atoms with Crippen LogP contribution in [0, 0.1) is 12.7 Å². The number of rotatable bonds is 5. The van der Waals surface area contributed by atoms with Gasteiger partial charge in [0.25, 0.3) is 5.91 Å². The van der Waals surface area contributed by atoms with E-state index in [9.17, 15) is 14.0 Å². The van der Waals surface area contributed by atoms with Gasteiger partial charge in [-0.05, 0) is 73.7 Å². The third kappa shape index (κ3) is 4.35. The summed E-state index contributed by atoms with van der Waals surface area (Å²) in [7, 11) is 0. The fourth-order valence-corrected chi connectivity index (χ4v) is 4.31. The Morgan fingerprint density at radius 1 is 1.14 bits per heavy atom. The monoisotopic (exact) mass is 410 g/mol. The number of aromatic nitrogens is 1. The molecule has 1 aliphatic carbocycles. The van der Waals surface area contributed by atoms with Gasteiger partial charge in [0, 0.05) is 11.3 Å². The number of nitrogens with zero attached hydrogens (tertiary/aromatic N) is 1. The lowest BCUT2D eigenvalue weighted by Crippen LogP contribution is -2.21. The summed E-state index contributed by atoms with van der Waals surface area (Å²) >= 11 is 1.16. The van der Waals surface area contributed by atoms with Crippen molar-refractivity contribution < 1.29 is 18.7 Å². The number of hydrogen-bond donors (Lipinski definition) is 1. The van der Waals surface area contributed by atoms with Crippen LogP contribution in [0.25, 0.3) is 10.6 Å². The molecule has 1 heterocycles. The highest BCUT2D eigenvalue weighted by Gasteiger charge is 2.19. The van der Waals surface area contributed by atoms with Crippen LogP contribution in [0.4, 0.5) is 10.1 Å². The Labute approximate surface area is 171 Å². The number of anilines is 1. The van der Waals surface area contributed by atoms with Crippen LogP contribution in [0.3, 0.4) is 0 Å². The smallest absolute Gasteiger partial charge is 0.350 e. The molecule has 0 aliphatic heterocycles.